The SMILES string of the molecule is CCS(=O)(=O)Oc1csc(-c2cccc(OC)c2)n1. The van der Waals surface area contributed by atoms with E-state index in [1.165, 1.54) is 18.3 Å². The Morgan fingerprint density at radius 3 is 2.84 bits per heavy atom. The molecule has 2 aromatic rings. The van der Waals surface area contributed by atoms with E-state index in [1.54, 1.807) is 12.5 Å². The molecule has 1 aromatic carbocycles. The normalized spacial score (nSPS) is 11.3. The topological polar surface area (TPSA) is 65.5 Å². The fraction of sp³-hybridized carbons (Fsp3) is 0.250. The third-order valence-corrected chi connectivity index (χ3v) is 4.37. The first-order chi connectivity index (χ1) is 9.04. The van der Waals surface area contributed by atoms with Gasteiger partial charge in [-0.25, -0.2) is 4.98 Å². The smallest absolute Gasteiger partial charge is 0.310 e. The van der Waals surface area contributed by atoms with Crippen LogP contribution in [0.5, 0.6) is 11.6 Å². The Morgan fingerprint density at radius 1 is 1.37 bits per heavy atom. The maximum Gasteiger partial charge on any atom is 0.310 e. The van der Waals surface area contributed by atoms with Gasteiger partial charge in [0.1, 0.15) is 10.8 Å². The molecular formula is C12H13NO4S2. The molecule has 0 spiro atoms. The van der Waals surface area contributed by atoms with E-state index < -0.39 is 10.1 Å². The van der Waals surface area contributed by atoms with Crippen molar-refractivity contribution in [3.8, 4) is 22.2 Å². The maximum atomic E-state index is 11.3. The Labute approximate surface area is 116 Å². The van der Waals surface area contributed by atoms with Gasteiger partial charge in [-0.1, -0.05) is 12.1 Å². The Balaban J connectivity index is 2.25. The molecule has 0 aliphatic rings. The van der Waals surface area contributed by atoms with E-state index in [-0.39, 0.29) is 11.6 Å². The van der Waals surface area contributed by atoms with Gasteiger partial charge in [0.2, 0.25) is 5.88 Å². The second-order valence-corrected chi connectivity index (χ2v) is 6.37. The van der Waals surface area contributed by atoms with Gasteiger partial charge in [-0.05, 0) is 19.1 Å². The molecule has 5 nitrogen and oxygen atoms in total. The van der Waals surface area contributed by atoms with Crippen LogP contribution in [0.1, 0.15) is 6.92 Å². The van der Waals surface area contributed by atoms with Crippen LogP contribution in [0.2, 0.25) is 0 Å². The predicted octanol–water partition coefficient (Wildman–Crippen LogP) is 2.55. The molecule has 0 aliphatic heterocycles. The lowest BCUT2D eigenvalue weighted by atomic mass is 10.2. The second kappa shape index (κ2) is 5.58. The van der Waals surface area contributed by atoms with Gasteiger partial charge in [0.15, 0.2) is 0 Å². The summed E-state index contributed by atoms with van der Waals surface area (Å²) in [5.74, 6) is 0.736. The van der Waals surface area contributed by atoms with Gasteiger partial charge in [0.25, 0.3) is 0 Å². The van der Waals surface area contributed by atoms with Gasteiger partial charge in [-0.2, -0.15) is 8.42 Å². The molecule has 0 unspecified atom stereocenters. The number of nitrogens with zero attached hydrogens (tertiary/aromatic N) is 1. The Hall–Kier alpha value is -1.60. The molecule has 0 atom stereocenters. The summed E-state index contributed by atoms with van der Waals surface area (Å²) in [6, 6.07) is 7.38. The van der Waals surface area contributed by atoms with Crippen molar-refractivity contribution in [1.82, 2.24) is 4.98 Å². The molecule has 0 aliphatic carbocycles. The average molecular weight is 299 g/mol. The van der Waals surface area contributed by atoms with E-state index in [0.29, 0.717) is 5.01 Å². The standard InChI is InChI=1S/C12H13NO4S2/c1-3-19(14,15)17-11-8-18-12(13-11)9-5-4-6-10(7-9)16-2/h4-8H,3H2,1-2H3. The van der Waals surface area contributed by atoms with Gasteiger partial charge >= 0.3 is 10.1 Å². The summed E-state index contributed by atoms with van der Waals surface area (Å²) in [5.41, 5.74) is 0.855. The zero-order valence-corrected chi connectivity index (χ0v) is 12.1. The fourth-order valence-corrected chi connectivity index (χ4v) is 2.62. The van der Waals surface area contributed by atoms with Crippen LogP contribution in [0.25, 0.3) is 10.6 Å². The van der Waals surface area contributed by atoms with Gasteiger partial charge in [0.05, 0.1) is 18.2 Å². The Kier molecular flexibility index (Phi) is 4.06. The molecular weight excluding hydrogens is 286 g/mol. The number of rotatable bonds is 5. The molecule has 7 heteroatoms. The molecule has 0 saturated heterocycles. The van der Waals surface area contributed by atoms with Crippen LogP contribution in [-0.2, 0) is 10.1 Å². The maximum absolute atomic E-state index is 11.3. The average Bonchev–Trinajstić information content (AvgIpc) is 2.86. The van der Waals surface area contributed by atoms with Crippen molar-refractivity contribution in [3.05, 3.63) is 29.6 Å². The van der Waals surface area contributed by atoms with Crippen LogP contribution < -0.4 is 8.92 Å². The van der Waals surface area contributed by atoms with Crippen molar-refractivity contribution in [3.63, 3.8) is 0 Å². The second-order valence-electron chi connectivity index (χ2n) is 3.65. The van der Waals surface area contributed by atoms with Crippen molar-refractivity contribution in [2.75, 3.05) is 12.9 Å². The van der Waals surface area contributed by atoms with Crippen LogP contribution in [0.4, 0.5) is 0 Å². The lowest BCUT2D eigenvalue weighted by Crippen LogP contribution is -2.11. The largest absolute Gasteiger partial charge is 0.497 e. The molecule has 0 bridgehead atoms. The summed E-state index contributed by atoms with van der Waals surface area (Å²) in [7, 11) is -1.95. The third-order valence-electron chi connectivity index (χ3n) is 2.37. The van der Waals surface area contributed by atoms with E-state index in [4.69, 9.17) is 8.92 Å². The number of hydrogen-bond acceptors (Lipinski definition) is 6. The summed E-state index contributed by atoms with van der Waals surface area (Å²) in [5, 5.41) is 2.25. The quantitative estimate of drug-likeness (QED) is 0.794. The van der Waals surface area contributed by atoms with E-state index in [2.05, 4.69) is 4.98 Å². The molecule has 0 amide bonds. The van der Waals surface area contributed by atoms with Crippen LogP contribution in [0.15, 0.2) is 29.6 Å². The van der Waals surface area contributed by atoms with E-state index >= 15 is 0 Å². The van der Waals surface area contributed by atoms with Crippen molar-refractivity contribution in [2.45, 2.75) is 6.92 Å². The lowest BCUT2D eigenvalue weighted by Gasteiger charge is -2.01. The molecule has 0 N–H and O–H groups in total. The Morgan fingerprint density at radius 2 is 2.16 bits per heavy atom. The van der Waals surface area contributed by atoms with Crippen LogP contribution in [0, 0.1) is 0 Å². The predicted molar refractivity (Wildman–Crippen MR) is 74.2 cm³/mol. The molecule has 1 heterocycles. The van der Waals surface area contributed by atoms with Crippen LogP contribution >= 0.6 is 11.3 Å². The summed E-state index contributed by atoms with van der Waals surface area (Å²) < 4.78 is 32.7. The van der Waals surface area contributed by atoms with Gasteiger partial charge in [0, 0.05) is 5.56 Å². The van der Waals surface area contributed by atoms with Crippen molar-refractivity contribution >= 4 is 21.5 Å². The van der Waals surface area contributed by atoms with Crippen molar-refractivity contribution in [2.24, 2.45) is 0 Å². The van der Waals surface area contributed by atoms with Crippen molar-refractivity contribution < 1.29 is 17.3 Å². The highest BCUT2D eigenvalue weighted by Crippen LogP contribution is 2.29. The highest BCUT2D eigenvalue weighted by molar-refractivity contribution is 7.87. The molecule has 102 valence electrons. The first-order valence-corrected chi connectivity index (χ1v) is 8.02. The summed E-state index contributed by atoms with van der Waals surface area (Å²) in [6.07, 6.45) is 0. The highest BCUT2D eigenvalue weighted by atomic mass is 32.2. The van der Waals surface area contributed by atoms with E-state index in [1.807, 2.05) is 24.3 Å². The van der Waals surface area contributed by atoms with Crippen LogP contribution in [-0.4, -0.2) is 26.3 Å². The first-order valence-electron chi connectivity index (χ1n) is 5.56. The Bertz CT molecular complexity index is 664. The number of thiazole rings is 1. The number of methoxy groups -OCH3 is 1. The molecule has 2 rings (SSSR count). The lowest BCUT2D eigenvalue weighted by molar-refractivity contribution is 0.415. The zero-order valence-electron chi connectivity index (χ0n) is 10.5. The van der Waals surface area contributed by atoms with Crippen molar-refractivity contribution in [1.29, 1.82) is 0 Å². The van der Waals surface area contributed by atoms with E-state index in [9.17, 15) is 8.42 Å². The number of hydrogen-bond donors (Lipinski definition) is 0. The molecule has 0 radical (unpaired) electrons. The van der Waals surface area contributed by atoms with Gasteiger partial charge in [-0.3, -0.25) is 0 Å². The summed E-state index contributed by atoms with van der Waals surface area (Å²) in [6.45, 7) is 1.52. The fourth-order valence-electron chi connectivity index (χ4n) is 1.37. The molecule has 1 aromatic heterocycles. The van der Waals surface area contributed by atoms with Gasteiger partial charge in [-0.15, -0.1) is 11.3 Å². The summed E-state index contributed by atoms with van der Waals surface area (Å²) >= 11 is 1.32. The highest BCUT2D eigenvalue weighted by Gasteiger charge is 2.13. The summed E-state index contributed by atoms with van der Waals surface area (Å²) in [4.78, 5) is 4.15. The zero-order chi connectivity index (χ0) is 13.9. The van der Waals surface area contributed by atoms with Crippen LogP contribution in [0.3, 0.4) is 0 Å². The minimum absolute atomic E-state index is 0.0843. The minimum Gasteiger partial charge on any atom is -0.497 e. The van der Waals surface area contributed by atoms with E-state index in [0.717, 1.165) is 11.3 Å². The molecule has 0 fully saturated rings. The number of benzene rings is 1. The monoisotopic (exact) mass is 299 g/mol. The van der Waals surface area contributed by atoms with Gasteiger partial charge < -0.3 is 8.92 Å². The number of aromatic nitrogens is 1. The first kappa shape index (κ1) is 13.8. The molecule has 19 heavy (non-hydrogen) atoms. The minimum atomic E-state index is -3.53. The number of ether oxygens (including phenoxy) is 1. The molecule has 0 saturated carbocycles. The third kappa shape index (κ3) is 3.45.